The molecule has 3 heterocycles. The number of carbonyl (C=O) groups excluding carboxylic acids is 1. The van der Waals surface area contributed by atoms with E-state index in [0.717, 1.165) is 11.9 Å². The van der Waals surface area contributed by atoms with E-state index in [0.29, 0.717) is 18.7 Å². The highest BCUT2D eigenvalue weighted by Gasteiger charge is 2.24. The first-order chi connectivity index (χ1) is 11.1. The van der Waals surface area contributed by atoms with Gasteiger partial charge >= 0.3 is 0 Å². The highest BCUT2D eigenvalue weighted by Crippen LogP contribution is 2.28. The van der Waals surface area contributed by atoms with Crippen LogP contribution in [0.1, 0.15) is 21.6 Å². The van der Waals surface area contributed by atoms with Crippen LogP contribution in [0, 0.1) is 0 Å². The number of aromatic amines is 1. The first-order valence-corrected chi connectivity index (χ1v) is 7.68. The van der Waals surface area contributed by atoms with Gasteiger partial charge < -0.3 is 14.5 Å². The molecule has 3 aromatic rings. The van der Waals surface area contributed by atoms with Crippen molar-refractivity contribution in [1.29, 1.82) is 0 Å². The molecule has 1 aliphatic heterocycles. The summed E-state index contributed by atoms with van der Waals surface area (Å²) in [5.41, 5.74) is 3.79. The zero-order chi connectivity index (χ0) is 16.0. The molecule has 0 saturated heterocycles. The highest BCUT2D eigenvalue weighted by atomic mass is 16.2. The number of carbonyl (C=O) groups is 1. The third-order valence-electron chi connectivity index (χ3n) is 4.52. The minimum atomic E-state index is -0.166. The summed E-state index contributed by atoms with van der Waals surface area (Å²) in [5.74, 6) is -0.0846. The zero-order valence-electron chi connectivity index (χ0n) is 12.9. The van der Waals surface area contributed by atoms with Gasteiger partial charge in [-0.1, -0.05) is 18.2 Å². The van der Waals surface area contributed by atoms with Crippen LogP contribution in [0.2, 0.25) is 0 Å². The SMILES string of the molecule is Cn1ccc(C(=O)N2CCc3[nH]c4ccccc4c3C2)cc1=O. The van der Waals surface area contributed by atoms with Gasteiger partial charge in [-0.25, -0.2) is 0 Å². The molecule has 23 heavy (non-hydrogen) atoms. The number of fused-ring (bicyclic) bond motifs is 3. The summed E-state index contributed by atoms with van der Waals surface area (Å²) in [6.45, 7) is 1.24. The quantitative estimate of drug-likeness (QED) is 0.748. The molecule has 5 heteroatoms. The normalized spacial score (nSPS) is 14.0. The number of pyridine rings is 1. The monoisotopic (exact) mass is 307 g/mol. The van der Waals surface area contributed by atoms with E-state index in [1.54, 1.807) is 19.3 Å². The van der Waals surface area contributed by atoms with E-state index in [4.69, 9.17) is 0 Å². The Hall–Kier alpha value is -2.82. The van der Waals surface area contributed by atoms with Crippen molar-refractivity contribution in [2.24, 2.45) is 7.05 Å². The number of nitrogens with one attached hydrogen (secondary N) is 1. The fraction of sp³-hybridized carbons (Fsp3) is 0.222. The molecule has 4 rings (SSSR count). The second-order valence-electron chi connectivity index (χ2n) is 5.97. The van der Waals surface area contributed by atoms with Crippen molar-refractivity contribution < 1.29 is 4.79 Å². The predicted octanol–water partition coefficient (Wildman–Crippen LogP) is 2.07. The Bertz CT molecular complexity index is 968. The summed E-state index contributed by atoms with van der Waals surface area (Å²) >= 11 is 0. The maximum atomic E-state index is 12.7. The number of aromatic nitrogens is 2. The molecule has 2 aromatic heterocycles. The molecule has 0 fully saturated rings. The number of amides is 1. The second kappa shape index (κ2) is 5.12. The van der Waals surface area contributed by atoms with Crippen molar-refractivity contribution in [3.05, 3.63) is 69.8 Å². The van der Waals surface area contributed by atoms with Crippen LogP contribution < -0.4 is 5.56 Å². The summed E-state index contributed by atoms with van der Waals surface area (Å²) < 4.78 is 1.46. The molecule has 0 radical (unpaired) electrons. The van der Waals surface area contributed by atoms with E-state index >= 15 is 0 Å². The van der Waals surface area contributed by atoms with Crippen molar-refractivity contribution >= 4 is 16.8 Å². The summed E-state index contributed by atoms with van der Waals surface area (Å²) in [7, 11) is 1.68. The van der Waals surface area contributed by atoms with E-state index < -0.39 is 0 Å². The molecule has 0 unspecified atom stereocenters. The first-order valence-electron chi connectivity index (χ1n) is 7.68. The molecule has 0 saturated carbocycles. The molecular formula is C18H17N3O2. The number of hydrogen-bond acceptors (Lipinski definition) is 2. The van der Waals surface area contributed by atoms with Crippen molar-refractivity contribution in [3.63, 3.8) is 0 Å². The molecule has 1 amide bonds. The number of hydrogen-bond donors (Lipinski definition) is 1. The Labute approximate surface area is 133 Å². The lowest BCUT2D eigenvalue weighted by Crippen LogP contribution is -2.36. The molecule has 1 N–H and O–H groups in total. The molecule has 0 aliphatic carbocycles. The third kappa shape index (κ3) is 2.25. The maximum Gasteiger partial charge on any atom is 0.254 e. The van der Waals surface area contributed by atoms with Crippen LogP contribution in [0.4, 0.5) is 0 Å². The van der Waals surface area contributed by atoms with Crippen LogP contribution in [0.25, 0.3) is 10.9 Å². The van der Waals surface area contributed by atoms with Gasteiger partial charge in [-0.05, 0) is 12.1 Å². The van der Waals surface area contributed by atoms with Crippen LogP contribution in [0.5, 0.6) is 0 Å². The van der Waals surface area contributed by atoms with Gasteiger partial charge in [0.25, 0.3) is 11.5 Å². The number of H-pyrrole nitrogens is 1. The molecule has 116 valence electrons. The van der Waals surface area contributed by atoms with Crippen molar-refractivity contribution in [3.8, 4) is 0 Å². The van der Waals surface area contributed by atoms with E-state index in [1.165, 1.54) is 27.3 Å². The van der Waals surface area contributed by atoms with Crippen LogP contribution in [0.15, 0.2) is 47.4 Å². The minimum Gasteiger partial charge on any atom is -0.358 e. The lowest BCUT2D eigenvalue weighted by molar-refractivity contribution is 0.0734. The fourth-order valence-corrected chi connectivity index (χ4v) is 3.20. The molecule has 1 aromatic carbocycles. The lowest BCUT2D eigenvalue weighted by atomic mass is 10.0. The van der Waals surface area contributed by atoms with Gasteiger partial charge in [-0.3, -0.25) is 9.59 Å². The number of para-hydroxylation sites is 1. The Morgan fingerprint density at radius 3 is 2.87 bits per heavy atom. The largest absolute Gasteiger partial charge is 0.358 e. The topological polar surface area (TPSA) is 58.1 Å². The van der Waals surface area contributed by atoms with Crippen LogP contribution in [-0.4, -0.2) is 26.9 Å². The van der Waals surface area contributed by atoms with Crippen LogP contribution in [0.3, 0.4) is 0 Å². The molecule has 1 aliphatic rings. The van der Waals surface area contributed by atoms with Crippen LogP contribution >= 0.6 is 0 Å². The van der Waals surface area contributed by atoms with Crippen molar-refractivity contribution in [2.45, 2.75) is 13.0 Å². The molecule has 0 bridgehead atoms. The number of nitrogens with zero attached hydrogens (tertiary/aromatic N) is 2. The average molecular weight is 307 g/mol. The van der Waals surface area contributed by atoms with Gasteiger partial charge in [-0.15, -0.1) is 0 Å². The molecule has 5 nitrogen and oxygen atoms in total. The fourth-order valence-electron chi connectivity index (χ4n) is 3.20. The maximum absolute atomic E-state index is 12.7. The van der Waals surface area contributed by atoms with Gasteiger partial charge in [0.2, 0.25) is 0 Å². The number of aryl methyl sites for hydroxylation is 1. The Morgan fingerprint density at radius 2 is 2.04 bits per heavy atom. The molecule has 0 spiro atoms. The predicted molar refractivity (Wildman–Crippen MR) is 88.4 cm³/mol. The number of benzene rings is 1. The summed E-state index contributed by atoms with van der Waals surface area (Å²) in [5, 5.41) is 1.17. The second-order valence-corrected chi connectivity index (χ2v) is 5.97. The van der Waals surface area contributed by atoms with Crippen molar-refractivity contribution in [1.82, 2.24) is 14.5 Å². The smallest absolute Gasteiger partial charge is 0.254 e. The average Bonchev–Trinajstić information content (AvgIpc) is 2.94. The standard InChI is InChI=1S/C18H17N3O2/c1-20-8-6-12(10-17(20)22)18(23)21-9-7-16-14(11-21)13-4-2-3-5-15(13)19-16/h2-6,8,10,19H,7,9,11H2,1H3. The zero-order valence-corrected chi connectivity index (χ0v) is 12.9. The van der Waals surface area contributed by atoms with E-state index in [1.807, 2.05) is 17.0 Å². The number of rotatable bonds is 1. The molecule has 0 atom stereocenters. The van der Waals surface area contributed by atoms with Gasteiger partial charge in [0.15, 0.2) is 0 Å². The van der Waals surface area contributed by atoms with E-state index in [-0.39, 0.29) is 11.5 Å². The summed E-state index contributed by atoms with van der Waals surface area (Å²) in [6, 6.07) is 11.3. The third-order valence-corrected chi connectivity index (χ3v) is 4.52. The molecular weight excluding hydrogens is 290 g/mol. The van der Waals surface area contributed by atoms with Gasteiger partial charge in [0.1, 0.15) is 0 Å². The minimum absolute atomic E-state index is 0.0846. The first kappa shape index (κ1) is 13.8. The Morgan fingerprint density at radius 1 is 1.22 bits per heavy atom. The van der Waals surface area contributed by atoms with Crippen molar-refractivity contribution in [2.75, 3.05) is 6.54 Å². The summed E-state index contributed by atoms with van der Waals surface area (Å²) in [6.07, 6.45) is 2.44. The van der Waals surface area contributed by atoms with Gasteiger partial charge in [0.05, 0.1) is 0 Å². The van der Waals surface area contributed by atoms with Crippen LogP contribution in [-0.2, 0) is 20.0 Å². The van der Waals surface area contributed by atoms with Gasteiger partial charge in [-0.2, -0.15) is 0 Å². The van der Waals surface area contributed by atoms with E-state index in [2.05, 4.69) is 17.1 Å². The highest BCUT2D eigenvalue weighted by molar-refractivity contribution is 5.95. The Kier molecular flexibility index (Phi) is 3.08. The lowest BCUT2D eigenvalue weighted by Gasteiger charge is -2.27. The van der Waals surface area contributed by atoms with E-state index in [9.17, 15) is 9.59 Å². The Balaban J connectivity index is 1.68. The summed E-state index contributed by atoms with van der Waals surface area (Å²) in [4.78, 5) is 29.7. The van der Waals surface area contributed by atoms with Gasteiger partial charge in [0, 0.05) is 66.5 Å².